The Kier molecular flexibility index (Phi) is 6.62. The summed E-state index contributed by atoms with van der Waals surface area (Å²) >= 11 is 2.93. The maximum atomic E-state index is 12.2. The molecule has 0 aliphatic rings. The molecule has 0 fully saturated rings. The Balaban J connectivity index is 1.49. The lowest BCUT2D eigenvalue weighted by molar-refractivity contribution is -0.128. The zero-order valence-electron chi connectivity index (χ0n) is 15.3. The van der Waals surface area contributed by atoms with E-state index < -0.39 is 17.9 Å². The first-order valence-corrected chi connectivity index (χ1v) is 10.4. The number of carbonyl (C=O) groups excluding carboxylic acids is 2. The van der Waals surface area contributed by atoms with Gasteiger partial charge in [-0.15, -0.1) is 11.3 Å². The molecule has 0 unspecified atom stereocenters. The first-order chi connectivity index (χ1) is 13.6. The van der Waals surface area contributed by atoms with Crippen LogP contribution in [-0.4, -0.2) is 29.5 Å². The van der Waals surface area contributed by atoms with Crippen LogP contribution in [0.3, 0.4) is 0 Å². The van der Waals surface area contributed by atoms with Crippen LogP contribution in [0.25, 0.3) is 10.6 Å². The third-order valence-electron chi connectivity index (χ3n) is 3.62. The fourth-order valence-electron chi connectivity index (χ4n) is 2.22. The monoisotopic (exact) mass is 417 g/mol. The summed E-state index contributed by atoms with van der Waals surface area (Å²) in [5.74, 6) is 0.288. The van der Waals surface area contributed by atoms with Gasteiger partial charge in [-0.3, -0.25) is 20.4 Å². The standard InChI is InChI=1S/C19H19N3O4S2/c1-3-25-14-4-6-15(7-5-14)26-12(2)17(23)21-22-18(24)16-11-28-19(20-16)13-8-9-27-10-13/h4-12H,3H2,1-2H3,(H,21,23)(H,22,24)/t12-/m0/s1. The Morgan fingerprint density at radius 3 is 2.54 bits per heavy atom. The van der Waals surface area contributed by atoms with Gasteiger partial charge in [0.05, 0.1) is 6.61 Å². The predicted octanol–water partition coefficient (Wildman–Crippen LogP) is 3.50. The van der Waals surface area contributed by atoms with E-state index in [-0.39, 0.29) is 5.69 Å². The zero-order valence-corrected chi connectivity index (χ0v) is 16.9. The Hall–Kier alpha value is -2.91. The zero-order chi connectivity index (χ0) is 19.9. The van der Waals surface area contributed by atoms with Gasteiger partial charge >= 0.3 is 0 Å². The van der Waals surface area contributed by atoms with Crippen LogP contribution in [0.5, 0.6) is 11.5 Å². The number of thiazole rings is 1. The van der Waals surface area contributed by atoms with Gasteiger partial charge < -0.3 is 9.47 Å². The largest absolute Gasteiger partial charge is 0.494 e. The molecule has 3 aromatic rings. The molecule has 0 radical (unpaired) electrons. The lowest BCUT2D eigenvalue weighted by Gasteiger charge is -2.15. The molecule has 2 heterocycles. The van der Waals surface area contributed by atoms with Crippen molar-refractivity contribution in [1.29, 1.82) is 0 Å². The van der Waals surface area contributed by atoms with E-state index in [0.29, 0.717) is 12.4 Å². The van der Waals surface area contributed by atoms with Crippen molar-refractivity contribution in [3.05, 3.63) is 52.2 Å². The van der Waals surface area contributed by atoms with Gasteiger partial charge in [-0.1, -0.05) is 0 Å². The molecule has 2 amide bonds. The van der Waals surface area contributed by atoms with Crippen LogP contribution in [0.2, 0.25) is 0 Å². The quantitative estimate of drug-likeness (QED) is 0.575. The van der Waals surface area contributed by atoms with Gasteiger partial charge in [-0.05, 0) is 49.6 Å². The first kappa shape index (κ1) is 19.8. The van der Waals surface area contributed by atoms with Crippen LogP contribution in [0.15, 0.2) is 46.5 Å². The Morgan fingerprint density at radius 1 is 1.11 bits per heavy atom. The number of rotatable bonds is 7. The number of hydrazine groups is 1. The van der Waals surface area contributed by atoms with Crippen LogP contribution in [0.1, 0.15) is 24.3 Å². The summed E-state index contributed by atoms with van der Waals surface area (Å²) in [6.45, 7) is 4.07. The Labute approximate surface area is 170 Å². The van der Waals surface area contributed by atoms with E-state index in [4.69, 9.17) is 9.47 Å². The van der Waals surface area contributed by atoms with E-state index in [0.717, 1.165) is 16.3 Å². The van der Waals surface area contributed by atoms with Crippen molar-refractivity contribution in [2.24, 2.45) is 0 Å². The molecule has 1 atom stereocenters. The number of nitrogens with one attached hydrogen (secondary N) is 2. The molecular weight excluding hydrogens is 398 g/mol. The maximum Gasteiger partial charge on any atom is 0.289 e. The van der Waals surface area contributed by atoms with Crippen LogP contribution < -0.4 is 20.3 Å². The molecule has 0 saturated heterocycles. The second-order valence-corrected chi connectivity index (χ2v) is 7.30. The first-order valence-electron chi connectivity index (χ1n) is 8.54. The molecule has 28 heavy (non-hydrogen) atoms. The summed E-state index contributed by atoms with van der Waals surface area (Å²) in [5, 5.41) is 6.31. The smallest absolute Gasteiger partial charge is 0.289 e. The molecule has 2 aromatic heterocycles. The highest BCUT2D eigenvalue weighted by Gasteiger charge is 2.17. The highest BCUT2D eigenvalue weighted by atomic mass is 32.1. The number of amides is 2. The van der Waals surface area contributed by atoms with E-state index >= 15 is 0 Å². The molecule has 0 bridgehead atoms. The predicted molar refractivity (Wildman–Crippen MR) is 109 cm³/mol. The highest BCUT2D eigenvalue weighted by Crippen LogP contribution is 2.25. The van der Waals surface area contributed by atoms with Crippen LogP contribution >= 0.6 is 22.7 Å². The molecule has 0 saturated carbocycles. The van der Waals surface area contributed by atoms with Crippen LogP contribution in [-0.2, 0) is 4.79 Å². The molecule has 146 valence electrons. The number of benzene rings is 1. The molecule has 0 spiro atoms. The maximum absolute atomic E-state index is 12.2. The number of nitrogens with zero attached hydrogens (tertiary/aromatic N) is 1. The van der Waals surface area contributed by atoms with Gasteiger partial charge in [0.2, 0.25) is 0 Å². The van der Waals surface area contributed by atoms with Crippen molar-refractivity contribution in [2.75, 3.05) is 6.61 Å². The van der Waals surface area contributed by atoms with Gasteiger partial charge in [0.15, 0.2) is 6.10 Å². The number of aromatic nitrogens is 1. The number of ether oxygens (including phenoxy) is 2. The third-order valence-corrected chi connectivity index (χ3v) is 5.20. The summed E-state index contributed by atoms with van der Waals surface area (Å²) in [6.07, 6.45) is -0.796. The van der Waals surface area contributed by atoms with E-state index in [2.05, 4.69) is 15.8 Å². The van der Waals surface area contributed by atoms with Crippen molar-refractivity contribution < 1.29 is 19.1 Å². The van der Waals surface area contributed by atoms with Crippen molar-refractivity contribution >= 4 is 34.5 Å². The molecule has 7 nitrogen and oxygen atoms in total. The second-order valence-electron chi connectivity index (χ2n) is 5.66. The minimum Gasteiger partial charge on any atom is -0.494 e. The lowest BCUT2D eigenvalue weighted by atomic mass is 10.3. The summed E-state index contributed by atoms with van der Waals surface area (Å²) in [7, 11) is 0. The normalized spacial score (nSPS) is 11.5. The van der Waals surface area contributed by atoms with Crippen molar-refractivity contribution in [3.8, 4) is 22.1 Å². The number of carbonyl (C=O) groups is 2. The lowest BCUT2D eigenvalue weighted by Crippen LogP contribution is -2.47. The van der Waals surface area contributed by atoms with E-state index in [1.165, 1.54) is 11.3 Å². The van der Waals surface area contributed by atoms with E-state index in [1.807, 2.05) is 23.8 Å². The minimum absolute atomic E-state index is 0.242. The Morgan fingerprint density at radius 2 is 1.86 bits per heavy atom. The topological polar surface area (TPSA) is 89.5 Å². The van der Waals surface area contributed by atoms with Crippen molar-refractivity contribution in [2.45, 2.75) is 20.0 Å². The summed E-state index contributed by atoms with van der Waals surface area (Å²) in [6, 6.07) is 8.90. The van der Waals surface area contributed by atoms with Gasteiger partial charge in [-0.25, -0.2) is 4.98 Å². The molecule has 0 aliphatic heterocycles. The molecular formula is C19H19N3O4S2. The van der Waals surface area contributed by atoms with Crippen LogP contribution in [0.4, 0.5) is 0 Å². The van der Waals surface area contributed by atoms with Gasteiger partial charge in [0, 0.05) is 16.3 Å². The fourth-order valence-corrected chi connectivity index (χ4v) is 3.73. The molecule has 0 aliphatic carbocycles. The third kappa shape index (κ3) is 5.08. The van der Waals surface area contributed by atoms with Crippen molar-refractivity contribution in [3.63, 3.8) is 0 Å². The number of hydrogen-bond acceptors (Lipinski definition) is 7. The molecule has 2 N–H and O–H groups in total. The summed E-state index contributed by atoms with van der Waals surface area (Å²) < 4.78 is 10.9. The molecule has 1 aromatic carbocycles. The highest BCUT2D eigenvalue weighted by molar-refractivity contribution is 7.14. The summed E-state index contributed by atoms with van der Waals surface area (Å²) in [5.41, 5.74) is 5.92. The summed E-state index contributed by atoms with van der Waals surface area (Å²) in [4.78, 5) is 28.6. The number of hydrogen-bond donors (Lipinski definition) is 2. The van der Waals surface area contributed by atoms with Gasteiger partial charge in [0.1, 0.15) is 22.2 Å². The number of thiophene rings is 1. The molecule has 9 heteroatoms. The van der Waals surface area contributed by atoms with Crippen molar-refractivity contribution in [1.82, 2.24) is 15.8 Å². The average Bonchev–Trinajstić information content (AvgIpc) is 3.39. The Bertz CT molecular complexity index is 923. The van der Waals surface area contributed by atoms with E-state index in [1.54, 1.807) is 47.9 Å². The van der Waals surface area contributed by atoms with Gasteiger partial charge in [-0.2, -0.15) is 11.3 Å². The minimum atomic E-state index is -0.796. The van der Waals surface area contributed by atoms with E-state index in [9.17, 15) is 9.59 Å². The SMILES string of the molecule is CCOc1ccc(O[C@@H](C)C(=O)NNC(=O)c2csc(-c3ccsc3)n2)cc1. The second kappa shape index (κ2) is 9.34. The average molecular weight is 418 g/mol. The van der Waals surface area contributed by atoms with Gasteiger partial charge in [0.25, 0.3) is 11.8 Å². The fraction of sp³-hybridized carbons (Fsp3) is 0.211. The van der Waals surface area contributed by atoms with Crippen LogP contribution in [0, 0.1) is 0 Å². The molecule has 3 rings (SSSR count).